The van der Waals surface area contributed by atoms with Crippen molar-refractivity contribution in [2.24, 2.45) is 11.3 Å². The van der Waals surface area contributed by atoms with Crippen LogP contribution < -0.4 is 24.4 Å². The van der Waals surface area contributed by atoms with E-state index in [1.165, 1.54) is 67.4 Å². The van der Waals surface area contributed by atoms with Gasteiger partial charge in [0.25, 0.3) is 21.6 Å². The van der Waals surface area contributed by atoms with Crippen molar-refractivity contribution in [3.63, 3.8) is 0 Å². The van der Waals surface area contributed by atoms with E-state index in [2.05, 4.69) is 67.9 Å². The number of nitro groups is 1. The van der Waals surface area contributed by atoms with Crippen LogP contribution in [-0.4, -0.2) is 72.4 Å². The van der Waals surface area contributed by atoms with Crippen LogP contribution >= 0.6 is 0 Å². The first kappa shape index (κ1) is 43.2. The van der Waals surface area contributed by atoms with Crippen LogP contribution in [0.4, 0.5) is 21.5 Å². The van der Waals surface area contributed by atoms with Crippen LogP contribution in [0.2, 0.25) is 0 Å². The third kappa shape index (κ3) is 8.39. The van der Waals surface area contributed by atoms with Gasteiger partial charge in [0, 0.05) is 55.3 Å². The van der Waals surface area contributed by atoms with Crippen molar-refractivity contribution >= 4 is 44.0 Å². The smallest absolute Gasteiger partial charge is 0.297 e. The van der Waals surface area contributed by atoms with Crippen molar-refractivity contribution < 1.29 is 32.0 Å². The lowest BCUT2D eigenvalue weighted by molar-refractivity contribution is -0.384. The van der Waals surface area contributed by atoms with Crippen LogP contribution in [0, 0.1) is 27.3 Å². The van der Waals surface area contributed by atoms with E-state index < -0.39 is 37.3 Å². The Morgan fingerprint density at radius 1 is 1.02 bits per heavy atom. The maximum atomic E-state index is 14.6. The van der Waals surface area contributed by atoms with Gasteiger partial charge in [0.1, 0.15) is 29.6 Å². The number of carbonyl (C=O) groups excluding carboxylic acids is 1. The van der Waals surface area contributed by atoms with Gasteiger partial charge in [-0.1, -0.05) is 57.4 Å². The Bertz CT molecular complexity index is 2740. The van der Waals surface area contributed by atoms with Gasteiger partial charge in [-0.15, -0.1) is 0 Å². The number of nitrogens with zero attached hydrogens (tertiary/aromatic N) is 4. The number of aromatic nitrogens is 2. The van der Waals surface area contributed by atoms with Crippen LogP contribution in [0.25, 0.3) is 11.0 Å². The number of anilines is 2. The third-order valence-corrected chi connectivity index (χ3v) is 16.2. The predicted octanol–water partition coefficient (Wildman–Crippen LogP) is 9.98. The highest BCUT2D eigenvalue weighted by atomic mass is 32.2. The van der Waals surface area contributed by atoms with Crippen LogP contribution in [-0.2, 0) is 10.0 Å². The number of halogens is 1. The Morgan fingerprint density at radius 3 is 2.57 bits per heavy atom. The number of hydrogen-bond donors (Lipinski definition) is 3. The van der Waals surface area contributed by atoms with Crippen molar-refractivity contribution in [2.45, 2.75) is 113 Å². The second-order valence-corrected chi connectivity index (χ2v) is 20.9. The number of sulfonamides is 1. The average molecular weight is 906 g/mol. The first-order chi connectivity index (χ1) is 31.3. The molecule has 4 fully saturated rings. The topological polar surface area (TPSA) is 172 Å². The lowest BCUT2D eigenvalue weighted by atomic mass is 9.59. The van der Waals surface area contributed by atoms with Gasteiger partial charge in [-0.05, 0) is 104 Å². The first-order valence-corrected chi connectivity index (χ1v) is 24.7. The maximum absolute atomic E-state index is 14.6. The number of hydrogen-bond acceptors (Lipinski definition) is 11. The number of fused-ring (bicyclic) bond motifs is 2. The molecule has 5 aromatic rings. The summed E-state index contributed by atoms with van der Waals surface area (Å²) in [5, 5.41) is 15.8. The van der Waals surface area contributed by atoms with Crippen molar-refractivity contribution in [2.75, 3.05) is 36.5 Å². The number of benzene rings is 3. The molecule has 65 heavy (non-hydrogen) atoms. The Morgan fingerprint density at radius 2 is 1.80 bits per heavy atom. The number of likely N-dealkylation sites (tertiary alicyclic amines) is 1. The minimum absolute atomic E-state index is 0.0284. The zero-order chi connectivity index (χ0) is 45.0. The zero-order valence-corrected chi connectivity index (χ0v) is 37.7. The minimum Gasteiger partial charge on any atom is -0.489 e. The molecule has 10 rings (SSSR count). The molecule has 5 aliphatic rings. The lowest BCUT2D eigenvalue weighted by Gasteiger charge is -2.56. The highest BCUT2D eigenvalue weighted by Gasteiger charge is 2.50. The van der Waals surface area contributed by atoms with E-state index in [0.29, 0.717) is 23.6 Å². The summed E-state index contributed by atoms with van der Waals surface area (Å²) >= 11 is 0. The summed E-state index contributed by atoms with van der Waals surface area (Å²) in [6.07, 6.45) is 14.6. The summed E-state index contributed by atoms with van der Waals surface area (Å²) in [5.41, 5.74) is 3.86. The summed E-state index contributed by atoms with van der Waals surface area (Å²) in [7, 11) is -4.67. The zero-order valence-electron chi connectivity index (χ0n) is 36.9. The van der Waals surface area contributed by atoms with Crippen LogP contribution in [0.15, 0.2) is 78.0 Å². The number of nitrogens with one attached hydrogen (secondary N) is 3. The molecule has 3 aliphatic heterocycles. The average Bonchev–Trinajstić information content (AvgIpc) is 3.94. The molecule has 16 heteroatoms. The van der Waals surface area contributed by atoms with Gasteiger partial charge in [0.2, 0.25) is 0 Å². The van der Waals surface area contributed by atoms with E-state index >= 15 is 0 Å². The van der Waals surface area contributed by atoms with Gasteiger partial charge in [0.05, 0.1) is 33.0 Å². The number of aromatic amines is 1. The number of nitro benzene ring substituents is 1. The van der Waals surface area contributed by atoms with E-state index in [1.54, 1.807) is 12.1 Å². The highest BCUT2D eigenvalue weighted by molar-refractivity contribution is 7.90. The molecule has 3 aromatic carbocycles. The Kier molecular flexibility index (Phi) is 11.4. The molecule has 1 amide bonds. The van der Waals surface area contributed by atoms with Crippen LogP contribution in [0.5, 0.6) is 17.2 Å². The number of carbonyl (C=O) groups is 1. The van der Waals surface area contributed by atoms with Crippen molar-refractivity contribution in [1.82, 2.24) is 19.6 Å². The highest BCUT2D eigenvalue weighted by Crippen LogP contribution is 2.54. The number of pyridine rings is 1. The summed E-state index contributed by atoms with van der Waals surface area (Å²) in [4.78, 5) is 37.3. The lowest BCUT2D eigenvalue weighted by Crippen LogP contribution is -2.54. The molecular formula is C49H56FN7O7S. The second kappa shape index (κ2) is 17.2. The molecule has 5 heterocycles. The molecule has 2 aromatic heterocycles. The molecule has 342 valence electrons. The fraction of sp³-hybridized carbons (Fsp3) is 0.469. The van der Waals surface area contributed by atoms with Crippen molar-refractivity contribution in [3.05, 3.63) is 106 Å². The monoisotopic (exact) mass is 905 g/mol. The summed E-state index contributed by atoms with van der Waals surface area (Å²) < 4.78 is 56.8. The molecule has 2 saturated carbocycles. The molecule has 0 bridgehead atoms. The first-order valence-electron chi connectivity index (χ1n) is 23.2. The van der Waals surface area contributed by atoms with Gasteiger partial charge in [0.15, 0.2) is 11.4 Å². The summed E-state index contributed by atoms with van der Waals surface area (Å²) in [5.74, 6) is -0.568. The molecule has 3 N–H and O–H groups in total. The summed E-state index contributed by atoms with van der Waals surface area (Å²) in [6.45, 7) is 7.51. The number of amides is 1. The second-order valence-electron chi connectivity index (χ2n) is 19.2. The largest absolute Gasteiger partial charge is 0.489 e. The fourth-order valence-corrected chi connectivity index (χ4v) is 12.4. The Labute approximate surface area is 378 Å². The van der Waals surface area contributed by atoms with Gasteiger partial charge < -0.3 is 24.7 Å². The van der Waals surface area contributed by atoms with E-state index in [1.807, 2.05) is 0 Å². The van der Waals surface area contributed by atoms with E-state index in [4.69, 9.17) is 9.47 Å². The predicted molar refractivity (Wildman–Crippen MR) is 246 cm³/mol. The SMILES string of the molecule is CC(C)c1ccccc1[C@H]1CCCN1C1CC2(CCN(c3ccc(C(=O)NS(=O)(=O)c4cc5c(c([N+](=O)[O-])c4)N[C@@H](C4CCCCC4)CO5)c(Oc4cnc5[nH]cc(F)c5c4)c3)CC2)C1. The Balaban J connectivity index is 0.869. The van der Waals surface area contributed by atoms with E-state index in [0.717, 1.165) is 76.3 Å². The molecular weight excluding hydrogens is 850 g/mol. The number of H-pyrrole nitrogens is 1. The number of ether oxygens (including phenoxy) is 2. The number of piperidine rings is 1. The van der Waals surface area contributed by atoms with Gasteiger partial charge in [-0.2, -0.15) is 0 Å². The van der Waals surface area contributed by atoms with Gasteiger partial charge in [-0.25, -0.2) is 22.5 Å². The molecule has 1 spiro atoms. The molecule has 2 saturated heterocycles. The van der Waals surface area contributed by atoms with E-state index in [9.17, 15) is 27.7 Å². The van der Waals surface area contributed by atoms with E-state index in [-0.39, 0.29) is 57.9 Å². The van der Waals surface area contributed by atoms with Gasteiger partial charge >= 0.3 is 0 Å². The summed E-state index contributed by atoms with van der Waals surface area (Å²) in [6, 6.07) is 18.4. The molecule has 2 atom stereocenters. The standard InChI is InChI=1S/C49H56FN7O7S/c1-30(2)36-11-6-7-12-37(36)42-13-8-18-56(42)33-25-49(26-33)16-19-55(20-17-49)32-14-15-38(44(21-32)64-34-22-39-40(50)28-52-47(39)51-27-34)48(58)54-65(61,62)35-23-43(57(59)60)46-45(24-35)63-29-41(53-46)31-9-4-3-5-10-31/h6-7,11-12,14-15,21-24,27-28,30-31,33,41-42,53H,3-5,8-10,13,16-20,25-26,29H2,1-2H3,(H,51,52)(H,54,58)/t41-,42-/m1/s1. The van der Waals surface area contributed by atoms with Crippen molar-refractivity contribution in [1.29, 1.82) is 0 Å². The van der Waals surface area contributed by atoms with Crippen molar-refractivity contribution in [3.8, 4) is 17.2 Å². The van der Waals surface area contributed by atoms with Gasteiger partial charge in [-0.3, -0.25) is 19.8 Å². The molecule has 14 nitrogen and oxygen atoms in total. The molecule has 2 aliphatic carbocycles. The molecule has 0 unspecified atom stereocenters. The Hall–Kier alpha value is -5.74. The molecule has 0 radical (unpaired) electrons. The third-order valence-electron chi connectivity index (χ3n) is 14.9. The minimum atomic E-state index is -4.67. The normalized spacial score (nSPS) is 21.4. The fourth-order valence-electron chi connectivity index (χ4n) is 11.4. The van der Waals surface area contributed by atoms with Crippen LogP contribution in [0.1, 0.15) is 118 Å². The maximum Gasteiger partial charge on any atom is 0.297 e. The quantitative estimate of drug-likeness (QED) is 0.0851. The number of rotatable bonds is 11. The van der Waals surface area contributed by atoms with Crippen LogP contribution in [0.3, 0.4) is 0 Å².